The molecule has 2 aromatic rings. The van der Waals surface area contributed by atoms with E-state index in [0.29, 0.717) is 13.2 Å². The molecule has 5 nitrogen and oxygen atoms in total. The maximum atomic E-state index is 5.59. The molecule has 0 aliphatic rings. The summed E-state index contributed by atoms with van der Waals surface area (Å²) in [5.41, 5.74) is 6.52. The van der Waals surface area contributed by atoms with Crippen LogP contribution in [-0.2, 0) is 4.74 Å². The third-order valence-electron chi connectivity index (χ3n) is 2.66. The molecular weight excluding hydrogens is 216 g/mol. The molecule has 0 spiro atoms. The second-order valence-electron chi connectivity index (χ2n) is 3.94. The van der Waals surface area contributed by atoms with Crippen molar-refractivity contribution in [1.82, 2.24) is 9.38 Å². The summed E-state index contributed by atoms with van der Waals surface area (Å²) >= 11 is 0. The van der Waals surface area contributed by atoms with Crippen LogP contribution in [0.2, 0.25) is 0 Å². The second-order valence-corrected chi connectivity index (χ2v) is 3.94. The molecule has 92 valence electrons. The van der Waals surface area contributed by atoms with E-state index in [0.717, 1.165) is 17.9 Å². The minimum atomic E-state index is 0.220. The number of fused-ring (bicyclic) bond motifs is 1. The average Bonchev–Trinajstić information content (AvgIpc) is 2.79. The van der Waals surface area contributed by atoms with E-state index < -0.39 is 0 Å². The van der Waals surface area contributed by atoms with Gasteiger partial charge in [-0.3, -0.25) is 4.40 Å². The summed E-state index contributed by atoms with van der Waals surface area (Å²) in [6, 6.07) is 6.20. The van der Waals surface area contributed by atoms with E-state index in [4.69, 9.17) is 10.5 Å². The highest BCUT2D eigenvalue weighted by Crippen LogP contribution is 2.13. The quantitative estimate of drug-likeness (QED) is 0.786. The van der Waals surface area contributed by atoms with E-state index in [1.165, 1.54) is 0 Å². The molecule has 5 heteroatoms. The predicted octanol–water partition coefficient (Wildman–Crippen LogP) is 1.11. The number of nitrogens with zero attached hydrogens (tertiary/aromatic N) is 2. The Kier molecular flexibility index (Phi) is 3.95. The van der Waals surface area contributed by atoms with Crippen LogP contribution in [0.3, 0.4) is 0 Å². The molecular formula is C12H18N4O. The minimum Gasteiger partial charge on any atom is -0.383 e. The van der Waals surface area contributed by atoms with Gasteiger partial charge < -0.3 is 15.8 Å². The number of nitrogens with two attached hydrogens (primary N) is 1. The highest BCUT2D eigenvalue weighted by molar-refractivity contribution is 5.50. The number of hydrogen-bond donors (Lipinski definition) is 2. The molecule has 2 rings (SSSR count). The SMILES string of the molecule is COCC(CCN)Nc1cccc2nccn12. The highest BCUT2D eigenvalue weighted by Gasteiger charge is 2.09. The van der Waals surface area contributed by atoms with Gasteiger partial charge in [-0.05, 0) is 25.1 Å². The Labute approximate surface area is 101 Å². The number of imidazole rings is 1. The number of nitrogens with one attached hydrogen (secondary N) is 1. The number of anilines is 1. The van der Waals surface area contributed by atoms with Gasteiger partial charge in [-0.1, -0.05) is 6.07 Å². The zero-order valence-corrected chi connectivity index (χ0v) is 9.97. The smallest absolute Gasteiger partial charge is 0.138 e. The van der Waals surface area contributed by atoms with Crippen molar-refractivity contribution in [1.29, 1.82) is 0 Å². The number of aromatic nitrogens is 2. The molecule has 0 aromatic carbocycles. The monoisotopic (exact) mass is 234 g/mol. The average molecular weight is 234 g/mol. The molecule has 0 bridgehead atoms. The lowest BCUT2D eigenvalue weighted by atomic mass is 10.2. The molecule has 3 N–H and O–H groups in total. The van der Waals surface area contributed by atoms with Crippen molar-refractivity contribution in [2.75, 3.05) is 25.6 Å². The lowest BCUT2D eigenvalue weighted by Crippen LogP contribution is -2.28. The Morgan fingerprint density at radius 1 is 1.53 bits per heavy atom. The van der Waals surface area contributed by atoms with E-state index in [2.05, 4.69) is 10.3 Å². The van der Waals surface area contributed by atoms with E-state index in [-0.39, 0.29) is 6.04 Å². The molecule has 0 aliphatic carbocycles. The zero-order chi connectivity index (χ0) is 12.1. The van der Waals surface area contributed by atoms with Gasteiger partial charge >= 0.3 is 0 Å². The van der Waals surface area contributed by atoms with Crippen molar-refractivity contribution in [3.05, 3.63) is 30.6 Å². The molecule has 0 fully saturated rings. The molecule has 0 saturated heterocycles. The second kappa shape index (κ2) is 5.65. The van der Waals surface area contributed by atoms with Crippen molar-refractivity contribution in [2.24, 2.45) is 5.73 Å². The third kappa shape index (κ3) is 2.75. The largest absolute Gasteiger partial charge is 0.383 e. The summed E-state index contributed by atoms with van der Waals surface area (Å²) in [4.78, 5) is 4.25. The summed E-state index contributed by atoms with van der Waals surface area (Å²) < 4.78 is 7.19. The number of methoxy groups -OCH3 is 1. The lowest BCUT2D eigenvalue weighted by molar-refractivity contribution is 0.183. The van der Waals surface area contributed by atoms with Gasteiger partial charge in [-0.25, -0.2) is 4.98 Å². The molecule has 1 unspecified atom stereocenters. The van der Waals surface area contributed by atoms with Crippen LogP contribution >= 0.6 is 0 Å². The van der Waals surface area contributed by atoms with Crippen molar-refractivity contribution < 1.29 is 4.74 Å². The molecule has 17 heavy (non-hydrogen) atoms. The minimum absolute atomic E-state index is 0.220. The molecule has 0 saturated carbocycles. The van der Waals surface area contributed by atoms with Crippen LogP contribution in [0.15, 0.2) is 30.6 Å². The van der Waals surface area contributed by atoms with Gasteiger partial charge in [-0.15, -0.1) is 0 Å². The summed E-state index contributed by atoms with van der Waals surface area (Å²) in [7, 11) is 1.70. The van der Waals surface area contributed by atoms with Crippen LogP contribution in [0.5, 0.6) is 0 Å². The summed E-state index contributed by atoms with van der Waals surface area (Å²) in [5.74, 6) is 1.01. The van der Waals surface area contributed by atoms with Crippen molar-refractivity contribution >= 4 is 11.5 Å². The maximum Gasteiger partial charge on any atom is 0.138 e. The first-order valence-corrected chi connectivity index (χ1v) is 5.72. The Hall–Kier alpha value is -1.59. The third-order valence-corrected chi connectivity index (χ3v) is 2.66. The lowest BCUT2D eigenvalue weighted by Gasteiger charge is -2.19. The molecule has 0 aliphatic heterocycles. The Morgan fingerprint density at radius 2 is 2.41 bits per heavy atom. The Balaban J connectivity index is 2.18. The van der Waals surface area contributed by atoms with Gasteiger partial charge in [0.05, 0.1) is 12.6 Å². The molecule has 1 atom stereocenters. The van der Waals surface area contributed by atoms with Crippen LogP contribution in [-0.4, -0.2) is 35.7 Å². The van der Waals surface area contributed by atoms with Crippen LogP contribution in [0, 0.1) is 0 Å². The van der Waals surface area contributed by atoms with Crippen molar-refractivity contribution in [3.8, 4) is 0 Å². The number of rotatable bonds is 6. The topological polar surface area (TPSA) is 64.6 Å². The Morgan fingerprint density at radius 3 is 3.18 bits per heavy atom. The van der Waals surface area contributed by atoms with E-state index in [9.17, 15) is 0 Å². The van der Waals surface area contributed by atoms with Gasteiger partial charge in [0.25, 0.3) is 0 Å². The summed E-state index contributed by atoms with van der Waals surface area (Å²) in [6.45, 7) is 1.28. The van der Waals surface area contributed by atoms with Crippen molar-refractivity contribution in [2.45, 2.75) is 12.5 Å². The van der Waals surface area contributed by atoms with Crippen LogP contribution < -0.4 is 11.1 Å². The van der Waals surface area contributed by atoms with Gasteiger partial charge in [0.1, 0.15) is 11.5 Å². The molecule has 0 radical (unpaired) electrons. The standard InChI is InChI=1S/C12H18N4O/c1-17-9-10(5-6-13)15-12-4-2-3-11-14-7-8-16(11)12/h2-4,7-8,10,15H,5-6,9,13H2,1H3. The van der Waals surface area contributed by atoms with E-state index in [1.807, 2.05) is 28.8 Å². The van der Waals surface area contributed by atoms with Gasteiger partial charge in [0, 0.05) is 19.5 Å². The first-order chi connectivity index (χ1) is 8.35. The zero-order valence-electron chi connectivity index (χ0n) is 9.97. The number of hydrogen-bond acceptors (Lipinski definition) is 4. The number of ether oxygens (including phenoxy) is 1. The van der Waals surface area contributed by atoms with E-state index >= 15 is 0 Å². The first kappa shape index (κ1) is 11.9. The van der Waals surface area contributed by atoms with Crippen LogP contribution in [0.25, 0.3) is 5.65 Å². The van der Waals surface area contributed by atoms with Crippen LogP contribution in [0.4, 0.5) is 5.82 Å². The van der Waals surface area contributed by atoms with Gasteiger partial charge in [0.15, 0.2) is 0 Å². The van der Waals surface area contributed by atoms with Crippen LogP contribution in [0.1, 0.15) is 6.42 Å². The normalized spacial score (nSPS) is 12.8. The Bertz CT molecular complexity index is 462. The fourth-order valence-electron chi connectivity index (χ4n) is 1.87. The number of pyridine rings is 1. The van der Waals surface area contributed by atoms with Crippen molar-refractivity contribution in [3.63, 3.8) is 0 Å². The fraction of sp³-hybridized carbons (Fsp3) is 0.417. The first-order valence-electron chi connectivity index (χ1n) is 5.72. The molecule has 2 aromatic heterocycles. The highest BCUT2D eigenvalue weighted by atomic mass is 16.5. The van der Waals surface area contributed by atoms with E-state index in [1.54, 1.807) is 13.3 Å². The fourth-order valence-corrected chi connectivity index (χ4v) is 1.87. The summed E-state index contributed by atoms with van der Waals surface area (Å²) in [5, 5.41) is 3.43. The predicted molar refractivity (Wildman–Crippen MR) is 68.2 cm³/mol. The summed E-state index contributed by atoms with van der Waals surface area (Å²) in [6.07, 6.45) is 4.59. The molecule has 2 heterocycles. The van der Waals surface area contributed by atoms with Gasteiger partial charge in [-0.2, -0.15) is 0 Å². The molecule has 0 amide bonds. The van der Waals surface area contributed by atoms with Gasteiger partial charge in [0.2, 0.25) is 0 Å². The maximum absolute atomic E-state index is 5.59.